The molecule has 0 N–H and O–H groups in total. The van der Waals surface area contributed by atoms with Crippen LogP contribution < -0.4 is 0 Å². The molecule has 1 unspecified atom stereocenters. The SMILES string of the molecule is Cc1cc2c(n1C1CC1(C)C)CC(C)(C)CC2=O. The monoisotopic (exact) mass is 245 g/mol. The highest BCUT2D eigenvalue weighted by Gasteiger charge is 2.49. The molecule has 0 aliphatic heterocycles. The van der Waals surface area contributed by atoms with Gasteiger partial charge in [0, 0.05) is 29.4 Å². The van der Waals surface area contributed by atoms with Crippen molar-refractivity contribution in [2.24, 2.45) is 10.8 Å². The number of nitrogens with zero attached hydrogens (tertiary/aromatic N) is 1. The molecule has 0 aromatic carbocycles. The smallest absolute Gasteiger partial charge is 0.165 e. The van der Waals surface area contributed by atoms with Crippen molar-refractivity contribution in [2.75, 3.05) is 0 Å². The molecule has 18 heavy (non-hydrogen) atoms. The maximum Gasteiger partial charge on any atom is 0.165 e. The van der Waals surface area contributed by atoms with Crippen molar-refractivity contribution in [3.8, 4) is 0 Å². The Morgan fingerprint density at radius 2 is 1.83 bits per heavy atom. The predicted molar refractivity (Wildman–Crippen MR) is 73.0 cm³/mol. The molecule has 1 saturated carbocycles. The summed E-state index contributed by atoms with van der Waals surface area (Å²) in [4.78, 5) is 12.3. The summed E-state index contributed by atoms with van der Waals surface area (Å²) in [7, 11) is 0. The van der Waals surface area contributed by atoms with Crippen LogP contribution in [0.25, 0.3) is 0 Å². The van der Waals surface area contributed by atoms with E-state index in [1.54, 1.807) is 0 Å². The molecule has 2 aliphatic carbocycles. The number of aromatic nitrogens is 1. The lowest BCUT2D eigenvalue weighted by molar-refractivity contribution is 0.0909. The van der Waals surface area contributed by atoms with Crippen molar-refractivity contribution >= 4 is 5.78 Å². The first-order valence-corrected chi connectivity index (χ1v) is 6.95. The number of carbonyl (C=O) groups excluding carboxylic acids is 1. The topological polar surface area (TPSA) is 22.0 Å². The number of aryl methyl sites for hydroxylation is 1. The minimum atomic E-state index is 0.117. The summed E-state index contributed by atoms with van der Waals surface area (Å²) in [5.74, 6) is 0.335. The summed E-state index contributed by atoms with van der Waals surface area (Å²) >= 11 is 0. The van der Waals surface area contributed by atoms with Gasteiger partial charge in [0.1, 0.15) is 0 Å². The fourth-order valence-electron chi connectivity index (χ4n) is 3.49. The number of hydrogen-bond acceptors (Lipinski definition) is 1. The maximum absolute atomic E-state index is 12.3. The molecule has 1 aromatic rings. The minimum absolute atomic E-state index is 0.117. The van der Waals surface area contributed by atoms with Crippen LogP contribution in [0.5, 0.6) is 0 Å². The van der Waals surface area contributed by atoms with Gasteiger partial charge in [0.15, 0.2) is 5.78 Å². The van der Waals surface area contributed by atoms with Crippen LogP contribution in [-0.2, 0) is 6.42 Å². The summed E-state index contributed by atoms with van der Waals surface area (Å²) in [6.07, 6.45) is 2.97. The molecule has 0 saturated heterocycles. The Hall–Kier alpha value is -1.05. The predicted octanol–water partition coefficient (Wildman–Crippen LogP) is 3.92. The van der Waals surface area contributed by atoms with E-state index in [9.17, 15) is 4.79 Å². The number of rotatable bonds is 1. The fraction of sp³-hybridized carbons (Fsp3) is 0.688. The van der Waals surface area contributed by atoms with Gasteiger partial charge in [-0.15, -0.1) is 0 Å². The number of fused-ring (bicyclic) bond motifs is 1. The third-order valence-electron chi connectivity index (χ3n) is 4.69. The van der Waals surface area contributed by atoms with Gasteiger partial charge in [-0.05, 0) is 36.7 Å². The zero-order valence-corrected chi connectivity index (χ0v) is 12.1. The standard InChI is InChI=1S/C16H23NO/c1-10-6-11-12(7-15(2,3)8-13(11)18)17(10)14-9-16(14,4)5/h6,14H,7-9H2,1-5H3. The van der Waals surface area contributed by atoms with E-state index >= 15 is 0 Å². The van der Waals surface area contributed by atoms with E-state index in [1.165, 1.54) is 17.8 Å². The van der Waals surface area contributed by atoms with Crippen LogP contribution in [0.1, 0.15) is 68.3 Å². The van der Waals surface area contributed by atoms with Gasteiger partial charge in [0.2, 0.25) is 0 Å². The fourth-order valence-corrected chi connectivity index (χ4v) is 3.49. The van der Waals surface area contributed by atoms with E-state index in [2.05, 4.69) is 45.3 Å². The van der Waals surface area contributed by atoms with Gasteiger partial charge in [-0.3, -0.25) is 4.79 Å². The molecular formula is C16H23NO. The second-order valence-electron chi connectivity index (χ2n) is 7.67. The van der Waals surface area contributed by atoms with E-state index in [4.69, 9.17) is 0 Å². The molecule has 3 rings (SSSR count). The van der Waals surface area contributed by atoms with Crippen molar-refractivity contribution in [3.05, 3.63) is 23.0 Å². The number of Topliss-reactive ketones (excluding diaryl/α,β-unsaturated/α-hetero) is 1. The van der Waals surface area contributed by atoms with Crippen LogP contribution in [0.3, 0.4) is 0 Å². The minimum Gasteiger partial charge on any atom is -0.345 e. The van der Waals surface area contributed by atoms with Crippen molar-refractivity contribution in [2.45, 2.75) is 59.9 Å². The molecule has 1 fully saturated rings. The number of carbonyl (C=O) groups is 1. The Kier molecular flexibility index (Phi) is 2.19. The Bertz CT molecular complexity index is 534. The van der Waals surface area contributed by atoms with E-state index in [0.29, 0.717) is 23.7 Å². The first-order chi connectivity index (χ1) is 8.21. The van der Waals surface area contributed by atoms with Gasteiger partial charge in [0.25, 0.3) is 0 Å². The molecular weight excluding hydrogens is 222 g/mol. The van der Waals surface area contributed by atoms with E-state index in [-0.39, 0.29) is 5.41 Å². The average Bonchev–Trinajstić information content (AvgIpc) is 2.65. The molecule has 98 valence electrons. The molecule has 2 nitrogen and oxygen atoms in total. The van der Waals surface area contributed by atoms with Crippen LogP contribution in [0, 0.1) is 17.8 Å². The van der Waals surface area contributed by atoms with E-state index < -0.39 is 0 Å². The zero-order chi connectivity index (χ0) is 13.3. The molecule has 1 heterocycles. The van der Waals surface area contributed by atoms with Gasteiger partial charge in [-0.1, -0.05) is 27.7 Å². The summed E-state index contributed by atoms with van der Waals surface area (Å²) in [6, 6.07) is 2.71. The average molecular weight is 245 g/mol. The van der Waals surface area contributed by atoms with Crippen LogP contribution >= 0.6 is 0 Å². The van der Waals surface area contributed by atoms with Gasteiger partial charge in [-0.25, -0.2) is 0 Å². The molecule has 2 heteroatoms. The van der Waals surface area contributed by atoms with Gasteiger partial charge in [-0.2, -0.15) is 0 Å². The second kappa shape index (κ2) is 3.28. The number of hydrogen-bond donors (Lipinski definition) is 0. The van der Waals surface area contributed by atoms with Gasteiger partial charge >= 0.3 is 0 Å². The lowest BCUT2D eigenvalue weighted by Gasteiger charge is -2.30. The third-order valence-corrected chi connectivity index (χ3v) is 4.69. The van der Waals surface area contributed by atoms with E-state index in [1.807, 2.05) is 0 Å². The van der Waals surface area contributed by atoms with Crippen molar-refractivity contribution in [3.63, 3.8) is 0 Å². The van der Waals surface area contributed by atoms with Crippen LogP contribution in [-0.4, -0.2) is 10.4 Å². The molecule has 1 aromatic heterocycles. The van der Waals surface area contributed by atoms with Gasteiger partial charge < -0.3 is 4.57 Å². The zero-order valence-electron chi connectivity index (χ0n) is 12.1. The Morgan fingerprint density at radius 1 is 1.22 bits per heavy atom. The van der Waals surface area contributed by atoms with Crippen molar-refractivity contribution < 1.29 is 4.79 Å². The quantitative estimate of drug-likeness (QED) is 0.735. The highest BCUT2D eigenvalue weighted by atomic mass is 16.1. The second-order valence-corrected chi connectivity index (χ2v) is 7.67. The summed E-state index contributed by atoms with van der Waals surface area (Å²) in [5, 5.41) is 0. The largest absolute Gasteiger partial charge is 0.345 e. The first kappa shape index (κ1) is 12.0. The Morgan fingerprint density at radius 3 is 2.39 bits per heavy atom. The van der Waals surface area contributed by atoms with Gasteiger partial charge in [0.05, 0.1) is 0 Å². The highest BCUT2D eigenvalue weighted by molar-refractivity contribution is 5.99. The molecule has 1 atom stereocenters. The molecule has 0 bridgehead atoms. The first-order valence-electron chi connectivity index (χ1n) is 6.95. The van der Waals surface area contributed by atoms with Crippen LogP contribution in [0.4, 0.5) is 0 Å². The Balaban J connectivity index is 2.10. The van der Waals surface area contributed by atoms with E-state index in [0.717, 1.165) is 12.0 Å². The lowest BCUT2D eigenvalue weighted by Crippen LogP contribution is -2.28. The third kappa shape index (κ3) is 1.65. The summed E-state index contributed by atoms with van der Waals surface area (Å²) < 4.78 is 2.45. The van der Waals surface area contributed by atoms with Crippen molar-refractivity contribution in [1.29, 1.82) is 0 Å². The maximum atomic E-state index is 12.3. The summed E-state index contributed by atoms with van der Waals surface area (Å²) in [5.41, 5.74) is 4.08. The molecule has 2 aliphatic rings. The van der Waals surface area contributed by atoms with Crippen LogP contribution in [0.2, 0.25) is 0 Å². The van der Waals surface area contributed by atoms with Crippen LogP contribution in [0.15, 0.2) is 6.07 Å². The number of ketones is 1. The lowest BCUT2D eigenvalue weighted by atomic mass is 9.76. The van der Waals surface area contributed by atoms with Crippen molar-refractivity contribution in [1.82, 2.24) is 4.57 Å². The molecule has 0 amide bonds. The normalized spacial score (nSPS) is 28.1. The molecule has 0 radical (unpaired) electrons. The highest BCUT2D eigenvalue weighted by Crippen LogP contribution is 2.57. The Labute approximate surface area is 109 Å². The summed E-state index contributed by atoms with van der Waals surface area (Å²) in [6.45, 7) is 11.2. The molecule has 0 spiro atoms.